The van der Waals surface area contributed by atoms with Gasteiger partial charge in [-0.2, -0.15) is 13.2 Å². The molecular weight excluding hydrogens is 271 g/mol. The van der Waals surface area contributed by atoms with Gasteiger partial charge in [0.15, 0.2) is 5.78 Å². The van der Waals surface area contributed by atoms with Crippen molar-refractivity contribution in [2.75, 3.05) is 26.2 Å². The van der Waals surface area contributed by atoms with Crippen LogP contribution in [0.25, 0.3) is 0 Å². The standard InChI is InChI=1S/C14H16F3NO2/c15-14(16,17)12-7-18(6-11(12)9-19)8-13(20)10-4-2-1-3-5-10/h1-5,11-12,19H,6-9H2/t11-,12+/m0/s1. The molecule has 2 rings (SSSR count). The van der Waals surface area contributed by atoms with E-state index in [9.17, 15) is 18.0 Å². The Hall–Kier alpha value is -1.40. The molecule has 1 saturated heterocycles. The number of likely N-dealkylation sites (tertiary alicyclic amines) is 1. The van der Waals surface area contributed by atoms with Gasteiger partial charge >= 0.3 is 6.18 Å². The van der Waals surface area contributed by atoms with E-state index in [1.54, 1.807) is 30.3 Å². The van der Waals surface area contributed by atoms with E-state index in [0.717, 1.165) is 0 Å². The average molecular weight is 287 g/mol. The Morgan fingerprint density at radius 2 is 1.90 bits per heavy atom. The highest BCUT2D eigenvalue weighted by atomic mass is 19.4. The summed E-state index contributed by atoms with van der Waals surface area (Å²) in [5.41, 5.74) is 0.489. The third-order valence-corrected chi connectivity index (χ3v) is 3.63. The van der Waals surface area contributed by atoms with E-state index in [1.807, 2.05) is 0 Å². The smallest absolute Gasteiger partial charge is 0.393 e. The molecule has 1 N–H and O–H groups in total. The summed E-state index contributed by atoms with van der Waals surface area (Å²) in [6.07, 6.45) is -4.34. The Morgan fingerprint density at radius 3 is 2.40 bits per heavy atom. The zero-order chi connectivity index (χ0) is 14.8. The molecule has 1 fully saturated rings. The van der Waals surface area contributed by atoms with Gasteiger partial charge in [-0.05, 0) is 0 Å². The Morgan fingerprint density at radius 1 is 1.25 bits per heavy atom. The van der Waals surface area contributed by atoms with Gasteiger partial charge in [-0.25, -0.2) is 0 Å². The van der Waals surface area contributed by atoms with Gasteiger partial charge in [0.05, 0.1) is 12.5 Å². The Bertz CT molecular complexity index is 461. The molecule has 3 nitrogen and oxygen atoms in total. The highest BCUT2D eigenvalue weighted by Crippen LogP contribution is 2.37. The molecular formula is C14H16F3NO2. The molecule has 1 aromatic rings. The molecule has 0 saturated carbocycles. The van der Waals surface area contributed by atoms with Crippen molar-refractivity contribution in [2.45, 2.75) is 6.18 Å². The first-order chi connectivity index (χ1) is 9.41. The molecule has 1 aromatic carbocycles. The van der Waals surface area contributed by atoms with Crippen molar-refractivity contribution in [1.82, 2.24) is 4.90 Å². The zero-order valence-electron chi connectivity index (χ0n) is 10.8. The lowest BCUT2D eigenvalue weighted by molar-refractivity contribution is -0.182. The predicted octanol–water partition coefficient (Wildman–Crippen LogP) is 1.97. The number of Topliss-reactive ketones (excluding diaryl/α,β-unsaturated/α-hetero) is 1. The quantitative estimate of drug-likeness (QED) is 0.861. The van der Waals surface area contributed by atoms with Crippen molar-refractivity contribution in [3.63, 3.8) is 0 Å². The summed E-state index contributed by atoms with van der Waals surface area (Å²) in [7, 11) is 0. The first-order valence-corrected chi connectivity index (χ1v) is 6.40. The molecule has 0 aliphatic carbocycles. The number of ketones is 1. The fourth-order valence-corrected chi connectivity index (χ4v) is 2.56. The summed E-state index contributed by atoms with van der Waals surface area (Å²) in [4.78, 5) is 13.4. The fraction of sp³-hybridized carbons (Fsp3) is 0.500. The topological polar surface area (TPSA) is 40.5 Å². The molecule has 20 heavy (non-hydrogen) atoms. The number of aliphatic hydroxyl groups is 1. The maximum atomic E-state index is 12.8. The molecule has 0 bridgehead atoms. The molecule has 1 aliphatic rings. The second-order valence-electron chi connectivity index (χ2n) is 5.07. The Labute approximate surface area is 115 Å². The summed E-state index contributed by atoms with van der Waals surface area (Å²) in [5, 5.41) is 9.06. The van der Waals surface area contributed by atoms with Gasteiger partial charge < -0.3 is 5.11 Å². The predicted molar refractivity (Wildman–Crippen MR) is 67.3 cm³/mol. The number of rotatable bonds is 4. The van der Waals surface area contributed by atoms with E-state index < -0.39 is 24.6 Å². The summed E-state index contributed by atoms with van der Waals surface area (Å²) in [5.74, 6) is -2.61. The van der Waals surface area contributed by atoms with Crippen molar-refractivity contribution in [3.05, 3.63) is 35.9 Å². The van der Waals surface area contributed by atoms with Crippen LogP contribution in [-0.2, 0) is 0 Å². The van der Waals surface area contributed by atoms with Crippen LogP contribution in [0, 0.1) is 11.8 Å². The lowest BCUT2D eigenvalue weighted by Gasteiger charge is -2.19. The van der Waals surface area contributed by atoms with Gasteiger partial charge in [0.2, 0.25) is 0 Å². The highest BCUT2D eigenvalue weighted by Gasteiger charge is 2.49. The van der Waals surface area contributed by atoms with E-state index in [4.69, 9.17) is 5.11 Å². The van der Waals surface area contributed by atoms with E-state index in [-0.39, 0.29) is 25.4 Å². The maximum absolute atomic E-state index is 12.8. The lowest BCUT2D eigenvalue weighted by atomic mass is 9.97. The monoisotopic (exact) mass is 287 g/mol. The lowest BCUT2D eigenvalue weighted by Crippen LogP contribution is -2.32. The van der Waals surface area contributed by atoms with Crippen molar-refractivity contribution in [1.29, 1.82) is 0 Å². The maximum Gasteiger partial charge on any atom is 0.393 e. The molecule has 6 heteroatoms. The number of carbonyl (C=O) groups is 1. The minimum atomic E-state index is -4.34. The largest absolute Gasteiger partial charge is 0.396 e. The average Bonchev–Trinajstić information content (AvgIpc) is 2.83. The van der Waals surface area contributed by atoms with E-state index in [2.05, 4.69) is 0 Å². The van der Waals surface area contributed by atoms with Crippen molar-refractivity contribution < 1.29 is 23.1 Å². The third kappa shape index (κ3) is 3.37. The molecule has 0 spiro atoms. The Kier molecular flexibility index (Phi) is 4.45. The van der Waals surface area contributed by atoms with Gasteiger partial charge in [-0.15, -0.1) is 0 Å². The van der Waals surface area contributed by atoms with Crippen LogP contribution in [0.2, 0.25) is 0 Å². The Balaban J connectivity index is 2.00. The molecule has 0 unspecified atom stereocenters. The van der Waals surface area contributed by atoms with E-state index in [0.29, 0.717) is 5.56 Å². The number of hydrogen-bond acceptors (Lipinski definition) is 3. The number of carbonyl (C=O) groups excluding carboxylic acids is 1. The van der Waals surface area contributed by atoms with Crippen molar-refractivity contribution >= 4 is 5.78 Å². The molecule has 110 valence electrons. The first-order valence-electron chi connectivity index (χ1n) is 6.40. The minimum absolute atomic E-state index is 0.0485. The van der Waals surface area contributed by atoms with Gasteiger partial charge in [0.25, 0.3) is 0 Å². The van der Waals surface area contributed by atoms with Crippen LogP contribution in [0.1, 0.15) is 10.4 Å². The number of hydrogen-bond donors (Lipinski definition) is 1. The SMILES string of the molecule is O=C(CN1C[C@@H](CO)[C@H](C(F)(F)F)C1)c1ccccc1. The minimum Gasteiger partial charge on any atom is -0.396 e. The first kappa shape index (κ1) is 15.0. The molecule has 1 heterocycles. The van der Waals surface area contributed by atoms with Crippen LogP contribution in [0.3, 0.4) is 0 Å². The van der Waals surface area contributed by atoms with Crippen molar-refractivity contribution in [3.8, 4) is 0 Å². The fourth-order valence-electron chi connectivity index (χ4n) is 2.56. The van der Waals surface area contributed by atoms with Crippen LogP contribution in [0.15, 0.2) is 30.3 Å². The van der Waals surface area contributed by atoms with Gasteiger partial charge in [0.1, 0.15) is 0 Å². The van der Waals surface area contributed by atoms with Crippen LogP contribution >= 0.6 is 0 Å². The van der Waals surface area contributed by atoms with Gasteiger partial charge in [-0.1, -0.05) is 30.3 Å². The number of alkyl halides is 3. The molecule has 0 aromatic heterocycles. The summed E-state index contributed by atoms with van der Waals surface area (Å²) >= 11 is 0. The van der Waals surface area contributed by atoms with E-state index in [1.165, 1.54) is 4.90 Å². The zero-order valence-corrected chi connectivity index (χ0v) is 10.8. The van der Waals surface area contributed by atoms with Crippen LogP contribution in [0.4, 0.5) is 13.2 Å². The number of halogens is 3. The second kappa shape index (κ2) is 5.93. The number of nitrogens with zero attached hydrogens (tertiary/aromatic N) is 1. The molecule has 2 atom stereocenters. The van der Waals surface area contributed by atoms with Crippen LogP contribution < -0.4 is 0 Å². The summed E-state index contributed by atoms with van der Waals surface area (Å²) in [6.45, 7) is -0.695. The number of aliphatic hydroxyl groups excluding tert-OH is 1. The second-order valence-corrected chi connectivity index (χ2v) is 5.07. The summed E-state index contributed by atoms with van der Waals surface area (Å²) < 4.78 is 38.4. The summed E-state index contributed by atoms with van der Waals surface area (Å²) in [6, 6.07) is 8.49. The third-order valence-electron chi connectivity index (χ3n) is 3.63. The normalized spacial score (nSPS) is 24.0. The van der Waals surface area contributed by atoms with Gasteiger partial charge in [0, 0.05) is 31.2 Å². The van der Waals surface area contributed by atoms with Gasteiger partial charge in [-0.3, -0.25) is 9.69 Å². The number of benzene rings is 1. The van der Waals surface area contributed by atoms with E-state index >= 15 is 0 Å². The van der Waals surface area contributed by atoms with Crippen LogP contribution in [-0.4, -0.2) is 48.2 Å². The molecule has 0 radical (unpaired) electrons. The molecule has 1 aliphatic heterocycles. The molecule has 0 amide bonds. The van der Waals surface area contributed by atoms with Crippen LogP contribution in [0.5, 0.6) is 0 Å². The highest BCUT2D eigenvalue weighted by molar-refractivity contribution is 5.97. The van der Waals surface area contributed by atoms with Crippen molar-refractivity contribution in [2.24, 2.45) is 11.8 Å².